The summed E-state index contributed by atoms with van der Waals surface area (Å²) in [5.74, 6) is 0. The van der Waals surface area contributed by atoms with Crippen molar-refractivity contribution in [2.24, 2.45) is 0 Å². The molecule has 2 aliphatic rings. The first kappa shape index (κ1) is 18.9. The van der Waals surface area contributed by atoms with Crippen molar-refractivity contribution in [3.8, 4) is 0 Å². The lowest BCUT2D eigenvalue weighted by Crippen LogP contribution is -2.63. The largest absolute Gasteiger partial charge is 0.829 e. The van der Waals surface area contributed by atoms with Crippen LogP contribution in [0.1, 0.15) is 0 Å². The Morgan fingerprint density at radius 1 is 0.739 bits per heavy atom. The van der Waals surface area contributed by atoms with Crippen molar-refractivity contribution < 1.29 is 55.1 Å². The van der Waals surface area contributed by atoms with E-state index in [1.165, 1.54) is 0 Å². The van der Waals surface area contributed by atoms with Gasteiger partial charge in [-0.05, 0) is 0 Å². The zero-order valence-corrected chi connectivity index (χ0v) is 12.0. The van der Waals surface area contributed by atoms with Crippen LogP contribution in [0.4, 0.5) is 0 Å². The quantitative estimate of drug-likeness (QED) is 0.257. The fourth-order valence-electron chi connectivity index (χ4n) is 2.45. The monoisotopic (exact) mass is 341 g/mol. The summed E-state index contributed by atoms with van der Waals surface area (Å²) in [5.41, 5.74) is 0. The Morgan fingerprint density at radius 2 is 1.30 bits per heavy atom. The molecule has 11 nitrogen and oxygen atoms in total. The van der Waals surface area contributed by atoms with Crippen molar-refractivity contribution >= 4 is 0 Å². The first-order chi connectivity index (χ1) is 10.8. The second-order valence-corrected chi connectivity index (χ2v) is 5.55. The van der Waals surface area contributed by atoms with Crippen molar-refractivity contribution in [1.29, 1.82) is 0 Å². The van der Waals surface area contributed by atoms with Gasteiger partial charge in [0.05, 0.1) is 19.3 Å². The van der Waals surface area contributed by atoms with Crippen molar-refractivity contribution in [2.75, 3.05) is 13.2 Å². The maximum atomic E-state index is 11.4. The maximum Gasteiger partial charge on any atom is 0.186 e. The average Bonchev–Trinajstić information content (AvgIpc) is 2.54. The standard InChI is InChI=1S/C12H21O11/c13-1-3-5(14)8(17)10(19)12(23-3)21-2-4-6(15)7(16)9(18)11(20)22-4/h3-19H,1-2H2/q-1/t3-,4-,5+,6-,7+,8+,9-,10-,11-,12+/m1/s1. The predicted octanol–water partition coefficient (Wildman–Crippen LogP) is -6.03. The summed E-state index contributed by atoms with van der Waals surface area (Å²) in [4.78, 5) is 0. The Morgan fingerprint density at radius 3 is 1.91 bits per heavy atom. The van der Waals surface area contributed by atoms with E-state index >= 15 is 0 Å². The van der Waals surface area contributed by atoms with Crippen LogP contribution >= 0.6 is 0 Å². The fourth-order valence-corrected chi connectivity index (χ4v) is 2.45. The van der Waals surface area contributed by atoms with Crippen LogP contribution in [0.25, 0.3) is 0 Å². The van der Waals surface area contributed by atoms with E-state index in [9.17, 15) is 35.7 Å². The fraction of sp³-hybridized carbons (Fsp3) is 1.00. The Hall–Kier alpha value is -0.440. The summed E-state index contributed by atoms with van der Waals surface area (Å²) >= 11 is 0. The van der Waals surface area contributed by atoms with Crippen molar-refractivity contribution in [2.45, 2.75) is 61.4 Å². The third kappa shape index (κ3) is 3.81. The molecular formula is C12H21O11-. The summed E-state index contributed by atoms with van der Waals surface area (Å²) in [6, 6.07) is 0. The minimum atomic E-state index is -1.99. The molecule has 0 aromatic heterocycles. The smallest absolute Gasteiger partial charge is 0.186 e. The van der Waals surface area contributed by atoms with E-state index < -0.39 is 74.6 Å². The minimum Gasteiger partial charge on any atom is -0.829 e. The zero-order valence-electron chi connectivity index (χ0n) is 12.0. The van der Waals surface area contributed by atoms with E-state index in [0.29, 0.717) is 0 Å². The lowest BCUT2D eigenvalue weighted by Gasteiger charge is -2.45. The lowest BCUT2D eigenvalue weighted by atomic mass is 9.98. The molecule has 0 saturated carbocycles. The Bertz CT molecular complexity index is 380. The average molecular weight is 341 g/mol. The van der Waals surface area contributed by atoms with E-state index in [4.69, 9.17) is 19.3 Å². The van der Waals surface area contributed by atoms with Gasteiger partial charge in [0.25, 0.3) is 0 Å². The number of aliphatic hydroxyl groups excluding tert-OH is 7. The van der Waals surface area contributed by atoms with Gasteiger partial charge in [0.1, 0.15) is 42.7 Å². The molecule has 0 spiro atoms. The van der Waals surface area contributed by atoms with Gasteiger partial charge >= 0.3 is 0 Å². The lowest BCUT2D eigenvalue weighted by molar-refractivity contribution is -0.533. The molecule has 0 aliphatic carbocycles. The van der Waals surface area contributed by atoms with E-state index in [1.54, 1.807) is 0 Å². The normalized spacial score (nSPS) is 51.7. The molecule has 7 N–H and O–H groups in total. The Labute approximate surface area is 130 Å². The molecule has 0 bridgehead atoms. The van der Waals surface area contributed by atoms with Crippen LogP contribution in [0.2, 0.25) is 0 Å². The highest BCUT2D eigenvalue weighted by molar-refractivity contribution is 4.91. The summed E-state index contributed by atoms with van der Waals surface area (Å²) in [7, 11) is 0. The second-order valence-electron chi connectivity index (χ2n) is 5.55. The number of hydrogen-bond acceptors (Lipinski definition) is 11. The van der Waals surface area contributed by atoms with Crippen molar-refractivity contribution in [3.05, 3.63) is 0 Å². The van der Waals surface area contributed by atoms with Crippen molar-refractivity contribution in [3.63, 3.8) is 0 Å². The Balaban J connectivity index is 1.94. The van der Waals surface area contributed by atoms with Gasteiger partial charge < -0.3 is 55.1 Å². The number of hydrogen-bond donors (Lipinski definition) is 7. The van der Waals surface area contributed by atoms with Crippen LogP contribution in [0.5, 0.6) is 0 Å². The molecule has 0 aromatic rings. The van der Waals surface area contributed by atoms with Gasteiger partial charge in [0.15, 0.2) is 6.29 Å². The summed E-state index contributed by atoms with van der Waals surface area (Å²) in [5, 5.41) is 77.9. The molecular weight excluding hydrogens is 320 g/mol. The molecule has 2 aliphatic heterocycles. The molecule has 2 heterocycles. The molecule has 2 saturated heterocycles. The Kier molecular flexibility index (Phi) is 6.27. The molecule has 0 aromatic carbocycles. The van der Waals surface area contributed by atoms with Crippen LogP contribution in [0.3, 0.4) is 0 Å². The van der Waals surface area contributed by atoms with Crippen molar-refractivity contribution in [1.82, 2.24) is 0 Å². The predicted molar refractivity (Wildman–Crippen MR) is 66.4 cm³/mol. The molecule has 0 unspecified atom stereocenters. The molecule has 11 heteroatoms. The van der Waals surface area contributed by atoms with Crippen LogP contribution < -0.4 is 5.11 Å². The van der Waals surface area contributed by atoms with Gasteiger partial charge in [-0.15, -0.1) is 0 Å². The number of aliphatic hydroxyl groups is 7. The third-order valence-corrected chi connectivity index (χ3v) is 3.94. The highest BCUT2D eigenvalue weighted by atomic mass is 16.7. The maximum absolute atomic E-state index is 11.4. The van der Waals surface area contributed by atoms with Gasteiger partial charge in [0.2, 0.25) is 0 Å². The highest BCUT2D eigenvalue weighted by Crippen LogP contribution is 2.24. The molecule has 136 valence electrons. The van der Waals surface area contributed by atoms with Crippen LogP contribution in [0, 0.1) is 0 Å². The van der Waals surface area contributed by atoms with Gasteiger partial charge in [0, 0.05) is 6.29 Å². The molecule has 0 amide bonds. The first-order valence-electron chi connectivity index (χ1n) is 7.05. The topological polar surface area (TPSA) is 192 Å². The van der Waals surface area contributed by atoms with Gasteiger partial charge in [-0.3, -0.25) is 0 Å². The number of ether oxygens (including phenoxy) is 3. The first-order valence-corrected chi connectivity index (χ1v) is 7.05. The van der Waals surface area contributed by atoms with E-state index in [-0.39, 0.29) is 0 Å². The van der Waals surface area contributed by atoms with Crippen LogP contribution in [-0.4, -0.2) is 110 Å². The van der Waals surface area contributed by atoms with Gasteiger partial charge in [-0.1, -0.05) is 0 Å². The molecule has 23 heavy (non-hydrogen) atoms. The van der Waals surface area contributed by atoms with E-state index in [0.717, 1.165) is 0 Å². The molecule has 2 fully saturated rings. The number of rotatable bonds is 4. The van der Waals surface area contributed by atoms with E-state index in [2.05, 4.69) is 0 Å². The minimum absolute atomic E-state index is 0.508. The summed E-state index contributed by atoms with van der Waals surface area (Å²) in [6.45, 7) is -1.15. The highest BCUT2D eigenvalue weighted by Gasteiger charge is 2.45. The molecule has 2 rings (SSSR count). The molecule has 0 radical (unpaired) electrons. The second kappa shape index (κ2) is 7.63. The van der Waals surface area contributed by atoms with Gasteiger partial charge in [-0.25, -0.2) is 0 Å². The zero-order chi connectivity index (χ0) is 17.3. The summed E-state index contributed by atoms with van der Waals surface area (Å²) < 4.78 is 15.0. The van der Waals surface area contributed by atoms with Crippen LogP contribution in [0.15, 0.2) is 0 Å². The molecule has 10 atom stereocenters. The SMILES string of the molecule is [O-][C@@H]1O[C@H](CO[C@H]2O[C@H](CO)[C@H](O)[C@H](O)[C@H]2O)[C@@H](O)[C@H](O)[C@H]1O. The summed E-state index contributed by atoms with van der Waals surface area (Å²) in [6.07, 6.45) is -15.9. The third-order valence-electron chi connectivity index (χ3n) is 3.94. The van der Waals surface area contributed by atoms with E-state index in [1.807, 2.05) is 0 Å². The van der Waals surface area contributed by atoms with Gasteiger partial charge in [-0.2, -0.15) is 0 Å². The van der Waals surface area contributed by atoms with Crippen LogP contribution in [-0.2, 0) is 14.2 Å².